The van der Waals surface area contributed by atoms with Crippen LogP contribution in [-0.4, -0.2) is 31.6 Å². The summed E-state index contributed by atoms with van der Waals surface area (Å²) in [6.07, 6.45) is 5.39. The maximum atomic E-state index is 12.5. The molecule has 2 N–H and O–H groups in total. The highest BCUT2D eigenvalue weighted by molar-refractivity contribution is 5.84. The van der Waals surface area contributed by atoms with Gasteiger partial charge in [-0.05, 0) is 49.5 Å². The van der Waals surface area contributed by atoms with Crippen LogP contribution in [0.15, 0.2) is 30.3 Å². The summed E-state index contributed by atoms with van der Waals surface area (Å²) in [4.78, 5) is 25.0. The van der Waals surface area contributed by atoms with Gasteiger partial charge < -0.3 is 10.1 Å². The number of benzene rings is 1. The molecule has 25 heavy (non-hydrogen) atoms. The zero-order valence-corrected chi connectivity index (χ0v) is 15.1. The van der Waals surface area contributed by atoms with E-state index in [9.17, 15) is 9.59 Å². The summed E-state index contributed by atoms with van der Waals surface area (Å²) in [7, 11) is 1.38. The molecule has 2 fully saturated rings. The lowest BCUT2D eigenvalue weighted by atomic mass is 9.87. The summed E-state index contributed by atoms with van der Waals surface area (Å²) in [5, 5.41) is 6.38. The number of carbonyl (C=O) groups excluding carboxylic acids is 2. The monoisotopic (exact) mass is 344 g/mol. The fourth-order valence-electron chi connectivity index (χ4n) is 3.66. The SMILES string of the molecule is CC[C@@](NCC(=O)NC(C1CC1)C1CC1)(C(=O)OC)c1ccccc1. The van der Waals surface area contributed by atoms with Crippen LogP contribution in [0.2, 0.25) is 0 Å². The quantitative estimate of drug-likeness (QED) is 0.675. The van der Waals surface area contributed by atoms with E-state index in [2.05, 4.69) is 10.6 Å². The number of amides is 1. The molecule has 2 aliphatic carbocycles. The van der Waals surface area contributed by atoms with Crippen LogP contribution >= 0.6 is 0 Å². The second-order valence-electron chi connectivity index (χ2n) is 7.24. The molecule has 1 amide bonds. The van der Waals surface area contributed by atoms with Gasteiger partial charge in [-0.25, -0.2) is 4.79 Å². The molecular weight excluding hydrogens is 316 g/mol. The average Bonchev–Trinajstić information content (AvgIpc) is 3.54. The van der Waals surface area contributed by atoms with Crippen LogP contribution in [0.5, 0.6) is 0 Å². The number of rotatable bonds is 9. The fourth-order valence-corrected chi connectivity index (χ4v) is 3.66. The third-order valence-corrected chi connectivity index (χ3v) is 5.47. The standard InChI is InChI=1S/C20H28N2O3/c1-3-20(19(24)25-2,16-7-5-4-6-8-16)21-13-17(23)22-18(14-9-10-14)15-11-12-15/h4-8,14-15,18,21H,3,9-13H2,1-2H3,(H,22,23)/t20-/m0/s1. The summed E-state index contributed by atoms with van der Waals surface area (Å²) >= 11 is 0. The van der Waals surface area contributed by atoms with E-state index in [4.69, 9.17) is 4.74 Å². The molecule has 1 aromatic carbocycles. The van der Waals surface area contributed by atoms with Gasteiger partial charge in [-0.15, -0.1) is 0 Å². The van der Waals surface area contributed by atoms with Crippen LogP contribution in [0.3, 0.4) is 0 Å². The lowest BCUT2D eigenvalue weighted by Gasteiger charge is -2.31. The van der Waals surface area contributed by atoms with E-state index >= 15 is 0 Å². The summed E-state index contributed by atoms with van der Waals surface area (Å²) in [6, 6.07) is 9.79. The Balaban J connectivity index is 1.67. The van der Waals surface area contributed by atoms with Crippen molar-refractivity contribution in [3.05, 3.63) is 35.9 Å². The molecule has 0 heterocycles. The van der Waals surface area contributed by atoms with Crippen LogP contribution in [0.4, 0.5) is 0 Å². The van der Waals surface area contributed by atoms with Crippen LogP contribution in [-0.2, 0) is 19.9 Å². The van der Waals surface area contributed by atoms with Crippen LogP contribution in [0, 0.1) is 11.8 Å². The third kappa shape index (κ3) is 4.03. The summed E-state index contributed by atoms with van der Waals surface area (Å²) in [5.41, 5.74) is -0.180. The first-order valence-electron chi connectivity index (χ1n) is 9.29. The van der Waals surface area contributed by atoms with Crippen LogP contribution in [0.1, 0.15) is 44.6 Å². The number of esters is 1. The van der Waals surface area contributed by atoms with Crippen molar-refractivity contribution >= 4 is 11.9 Å². The third-order valence-electron chi connectivity index (χ3n) is 5.47. The Morgan fingerprint density at radius 3 is 2.24 bits per heavy atom. The highest BCUT2D eigenvalue weighted by atomic mass is 16.5. The maximum Gasteiger partial charge on any atom is 0.330 e. The van der Waals surface area contributed by atoms with Crippen molar-refractivity contribution in [2.45, 2.75) is 50.6 Å². The molecular formula is C20H28N2O3. The van der Waals surface area contributed by atoms with Gasteiger partial charge in [-0.3, -0.25) is 10.1 Å². The zero-order valence-electron chi connectivity index (χ0n) is 15.1. The largest absolute Gasteiger partial charge is 0.467 e. The second kappa shape index (κ2) is 7.56. The highest BCUT2D eigenvalue weighted by Gasteiger charge is 2.43. The molecule has 0 aromatic heterocycles. The number of nitrogens with one attached hydrogen (secondary N) is 2. The molecule has 2 aliphatic rings. The summed E-state index contributed by atoms with van der Waals surface area (Å²) in [6.45, 7) is 2.03. The minimum atomic E-state index is -0.998. The molecule has 2 saturated carbocycles. The lowest BCUT2D eigenvalue weighted by Crippen LogP contribution is -2.53. The summed E-state index contributed by atoms with van der Waals surface area (Å²) < 4.78 is 5.04. The molecule has 0 bridgehead atoms. The predicted octanol–water partition coefficient (Wildman–Crippen LogP) is 2.36. The van der Waals surface area contributed by atoms with E-state index in [-0.39, 0.29) is 18.4 Å². The molecule has 3 rings (SSSR count). The van der Waals surface area contributed by atoms with Crippen LogP contribution in [0.25, 0.3) is 0 Å². The zero-order chi connectivity index (χ0) is 17.9. The molecule has 5 nitrogen and oxygen atoms in total. The van der Waals surface area contributed by atoms with Gasteiger partial charge in [-0.2, -0.15) is 0 Å². The Labute approximate surface area is 149 Å². The van der Waals surface area contributed by atoms with Crippen molar-refractivity contribution < 1.29 is 14.3 Å². The van der Waals surface area contributed by atoms with E-state index in [1.807, 2.05) is 37.3 Å². The lowest BCUT2D eigenvalue weighted by molar-refractivity contribution is -0.149. The molecule has 136 valence electrons. The van der Waals surface area contributed by atoms with Gasteiger partial charge in [0, 0.05) is 6.04 Å². The van der Waals surface area contributed by atoms with Gasteiger partial charge in [0.1, 0.15) is 5.54 Å². The normalized spacial score (nSPS) is 19.3. The van der Waals surface area contributed by atoms with Gasteiger partial charge in [0.05, 0.1) is 13.7 Å². The molecule has 5 heteroatoms. The second-order valence-corrected chi connectivity index (χ2v) is 7.24. The maximum absolute atomic E-state index is 12.5. The Hall–Kier alpha value is -1.88. The predicted molar refractivity (Wildman–Crippen MR) is 95.8 cm³/mol. The number of methoxy groups -OCH3 is 1. The number of ether oxygens (including phenoxy) is 1. The highest BCUT2D eigenvalue weighted by Crippen LogP contribution is 2.44. The van der Waals surface area contributed by atoms with Gasteiger partial charge in [-0.1, -0.05) is 37.3 Å². The van der Waals surface area contributed by atoms with E-state index in [0.717, 1.165) is 5.56 Å². The van der Waals surface area contributed by atoms with Gasteiger partial charge in [0.2, 0.25) is 5.91 Å². The molecule has 0 radical (unpaired) electrons. The first-order chi connectivity index (χ1) is 12.1. The number of hydrogen-bond donors (Lipinski definition) is 2. The molecule has 0 aliphatic heterocycles. The minimum Gasteiger partial charge on any atom is -0.467 e. The van der Waals surface area contributed by atoms with Crippen molar-refractivity contribution in [2.75, 3.05) is 13.7 Å². The first-order valence-corrected chi connectivity index (χ1v) is 9.29. The Kier molecular flexibility index (Phi) is 5.42. The topological polar surface area (TPSA) is 67.4 Å². The molecule has 1 atom stereocenters. The first kappa shape index (κ1) is 17.9. The number of carbonyl (C=O) groups is 2. The van der Waals surface area contributed by atoms with E-state index in [1.54, 1.807) is 0 Å². The van der Waals surface area contributed by atoms with Crippen molar-refractivity contribution in [3.8, 4) is 0 Å². The van der Waals surface area contributed by atoms with Gasteiger partial charge in [0.15, 0.2) is 0 Å². The van der Waals surface area contributed by atoms with Crippen molar-refractivity contribution in [3.63, 3.8) is 0 Å². The Morgan fingerprint density at radius 1 is 1.16 bits per heavy atom. The molecule has 0 unspecified atom stereocenters. The van der Waals surface area contributed by atoms with E-state index in [1.165, 1.54) is 32.8 Å². The Bertz CT molecular complexity index is 599. The van der Waals surface area contributed by atoms with Crippen molar-refractivity contribution in [2.24, 2.45) is 11.8 Å². The summed E-state index contributed by atoms with van der Waals surface area (Å²) in [5.74, 6) is 0.903. The van der Waals surface area contributed by atoms with E-state index in [0.29, 0.717) is 24.3 Å². The van der Waals surface area contributed by atoms with Gasteiger partial charge in [0.25, 0.3) is 0 Å². The molecule has 0 spiro atoms. The minimum absolute atomic E-state index is 0.0403. The smallest absolute Gasteiger partial charge is 0.330 e. The molecule has 0 saturated heterocycles. The van der Waals surface area contributed by atoms with Crippen molar-refractivity contribution in [1.82, 2.24) is 10.6 Å². The van der Waals surface area contributed by atoms with Crippen molar-refractivity contribution in [1.29, 1.82) is 0 Å². The molecule has 1 aromatic rings. The average molecular weight is 344 g/mol. The van der Waals surface area contributed by atoms with E-state index < -0.39 is 5.54 Å². The number of hydrogen-bond acceptors (Lipinski definition) is 4. The van der Waals surface area contributed by atoms with Crippen LogP contribution < -0.4 is 10.6 Å². The fraction of sp³-hybridized carbons (Fsp3) is 0.600. The Morgan fingerprint density at radius 2 is 1.76 bits per heavy atom. The van der Waals surface area contributed by atoms with Gasteiger partial charge >= 0.3 is 5.97 Å².